The lowest BCUT2D eigenvalue weighted by Crippen LogP contribution is -2.38. The Kier molecular flexibility index (Phi) is 10.5. The van der Waals surface area contributed by atoms with Crippen LogP contribution in [0.4, 0.5) is 11.8 Å². The fourth-order valence-corrected chi connectivity index (χ4v) is 6.97. The highest BCUT2D eigenvalue weighted by atomic mass is 16.2. The Balaban J connectivity index is 1.11. The molecule has 0 bridgehead atoms. The third-order valence-corrected chi connectivity index (χ3v) is 9.77. The predicted molar refractivity (Wildman–Crippen MR) is 198 cm³/mol. The molecule has 1 heterocycles. The summed E-state index contributed by atoms with van der Waals surface area (Å²) in [6.07, 6.45) is 3.88. The van der Waals surface area contributed by atoms with Crippen molar-refractivity contribution >= 4 is 34.5 Å². The molecule has 2 N–H and O–H groups in total. The molecule has 1 saturated carbocycles. The minimum absolute atomic E-state index is 0.168. The highest BCUT2D eigenvalue weighted by Gasteiger charge is 2.31. The molecule has 8 heteroatoms. The normalized spacial score (nSPS) is 17.1. The summed E-state index contributed by atoms with van der Waals surface area (Å²) in [6.45, 7) is 4.66. The summed E-state index contributed by atoms with van der Waals surface area (Å²) in [6, 6.07) is 35.2. The Morgan fingerprint density at radius 3 is 1.88 bits per heavy atom. The van der Waals surface area contributed by atoms with Gasteiger partial charge in [-0.3, -0.25) is 9.59 Å². The van der Waals surface area contributed by atoms with E-state index in [1.165, 1.54) is 0 Å². The Hall–Kier alpha value is -5.24. The second-order valence-electron chi connectivity index (χ2n) is 13.3. The number of carbonyl (C=O) groups is 2. The van der Waals surface area contributed by atoms with Crippen LogP contribution in [0, 0.1) is 5.92 Å². The molecule has 5 aromatic rings. The van der Waals surface area contributed by atoms with Gasteiger partial charge in [-0.1, -0.05) is 84.9 Å². The first-order chi connectivity index (χ1) is 23.8. The van der Waals surface area contributed by atoms with Gasteiger partial charge in [-0.15, -0.1) is 0 Å². The van der Waals surface area contributed by atoms with E-state index in [1.807, 2.05) is 129 Å². The van der Waals surface area contributed by atoms with E-state index in [1.54, 1.807) is 12.1 Å². The zero-order valence-corrected chi connectivity index (χ0v) is 28.8. The first kappa shape index (κ1) is 33.7. The number of nitrogens with zero attached hydrogens (tertiary/aromatic N) is 4. The minimum Gasteiger partial charge on any atom is -0.362 e. The molecule has 1 aliphatic carbocycles. The van der Waals surface area contributed by atoms with E-state index in [0.717, 1.165) is 53.5 Å². The average Bonchev–Trinajstić information content (AvgIpc) is 3.14. The van der Waals surface area contributed by atoms with E-state index in [0.29, 0.717) is 29.5 Å². The van der Waals surface area contributed by atoms with Crippen molar-refractivity contribution in [3.8, 4) is 0 Å². The second kappa shape index (κ2) is 15.3. The Bertz CT molecular complexity index is 1830. The van der Waals surface area contributed by atoms with Gasteiger partial charge in [-0.25, -0.2) is 4.98 Å². The molecule has 2 amide bonds. The second-order valence-corrected chi connectivity index (χ2v) is 13.3. The smallest absolute Gasteiger partial charge is 0.255 e. The molecule has 0 spiro atoms. The minimum atomic E-state index is -0.218. The van der Waals surface area contributed by atoms with Crippen LogP contribution >= 0.6 is 0 Å². The molecule has 1 fully saturated rings. The lowest BCUT2D eigenvalue weighted by atomic mass is 9.86. The van der Waals surface area contributed by atoms with E-state index in [2.05, 4.69) is 16.7 Å². The van der Waals surface area contributed by atoms with Crippen LogP contribution < -0.4 is 15.5 Å². The average molecular weight is 655 g/mol. The SMILES string of the molecule is C[C@H](c1ccccc1)N(C(=O)c1ccccc1C(=O)NCC1CCC(Nc2nc(N(C)C)c3ccccc3n2)CC1)[C@H](C)c1ccccc1. The number of hydrogen-bond acceptors (Lipinski definition) is 6. The summed E-state index contributed by atoms with van der Waals surface area (Å²) >= 11 is 0. The third-order valence-electron chi connectivity index (χ3n) is 9.77. The molecule has 49 heavy (non-hydrogen) atoms. The van der Waals surface area contributed by atoms with Gasteiger partial charge in [0, 0.05) is 32.1 Å². The molecule has 0 saturated heterocycles. The molecule has 4 aromatic carbocycles. The molecular formula is C41H46N6O2. The van der Waals surface area contributed by atoms with E-state index in [4.69, 9.17) is 9.97 Å². The van der Waals surface area contributed by atoms with Crippen LogP contribution in [0.5, 0.6) is 0 Å². The monoisotopic (exact) mass is 654 g/mol. The van der Waals surface area contributed by atoms with Crippen LogP contribution in [-0.4, -0.2) is 53.4 Å². The summed E-state index contributed by atoms with van der Waals surface area (Å²) in [7, 11) is 4.00. The van der Waals surface area contributed by atoms with Gasteiger partial charge < -0.3 is 20.4 Å². The summed E-state index contributed by atoms with van der Waals surface area (Å²) < 4.78 is 0. The first-order valence-electron chi connectivity index (χ1n) is 17.3. The maximum Gasteiger partial charge on any atom is 0.255 e. The zero-order chi connectivity index (χ0) is 34.3. The van der Waals surface area contributed by atoms with Gasteiger partial charge in [0.25, 0.3) is 11.8 Å². The highest BCUT2D eigenvalue weighted by molar-refractivity contribution is 6.07. The molecule has 8 nitrogen and oxygen atoms in total. The topological polar surface area (TPSA) is 90.5 Å². The Morgan fingerprint density at radius 2 is 1.27 bits per heavy atom. The molecule has 0 aliphatic heterocycles. The van der Waals surface area contributed by atoms with Crippen LogP contribution in [0.3, 0.4) is 0 Å². The van der Waals surface area contributed by atoms with Gasteiger partial charge in [-0.2, -0.15) is 4.98 Å². The first-order valence-corrected chi connectivity index (χ1v) is 17.3. The lowest BCUT2D eigenvalue weighted by molar-refractivity contribution is 0.0600. The summed E-state index contributed by atoms with van der Waals surface area (Å²) in [5.41, 5.74) is 3.81. The van der Waals surface area contributed by atoms with Crippen LogP contribution in [0.2, 0.25) is 0 Å². The summed E-state index contributed by atoms with van der Waals surface area (Å²) in [5, 5.41) is 7.77. The van der Waals surface area contributed by atoms with Gasteiger partial charge in [0.05, 0.1) is 28.7 Å². The number of para-hydroxylation sites is 1. The van der Waals surface area contributed by atoms with Crippen molar-refractivity contribution in [2.24, 2.45) is 5.92 Å². The predicted octanol–water partition coefficient (Wildman–Crippen LogP) is 8.06. The quantitative estimate of drug-likeness (QED) is 0.150. The van der Waals surface area contributed by atoms with Gasteiger partial charge in [0.1, 0.15) is 5.82 Å². The van der Waals surface area contributed by atoms with Crippen molar-refractivity contribution in [1.82, 2.24) is 20.2 Å². The zero-order valence-electron chi connectivity index (χ0n) is 28.8. The summed E-state index contributed by atoms with van der Waals surface area (Å²) in [4.78, 5) is 41.7. The standard InChI is InChI=1S/C41H46N6O2/c1-28(31-15-7-5-8-16-31)47(29(2)32-17-9-6-10-18-32)40(49)35-20-12-11-19-34(35)39(48)42-27-30-23-25-33(26-24-30)43-41-44-37-22-14-13-21-36(37)38(45-41)46(3)4/h5-22,28-30,33H,23-27H2,1-4H3,(H,42,48)(H,43,44,45)/t28-,29-,30?,33?/m1/s1. The fraction of sp³-hybridized carbons (Fsp3) is 0.317. The maximum atomic E-state index is 14.4. The van der Waals surface area contributed by atoms with E-state index < -0.39 is 0 Å². The van der Waals surface area contributed by atoms with Crippen molar-refractivity contribution in [2.45, 2.75) is 57.7 Å². The number of rotatable bonds is 11. The molecule has 1 aromatic heterocycles. The number of nitrogens with one attached hydrogen (secondary N) is 2. The number of benzene rings is 4. The van der Waals surface area contributed by atoms with Crippen molar-refractivity contribution in [3.63, 3.8) is 0 Å². The van der Waals surface area contributed by atoms with Crippen LogP contribution in [0.15, 0.2) is 109 Å². The molecule has 0 unspecified atom stereocenters. The van der Waals surface area contributed by atoms with Gasteiger partial charge >= 0.3 is 0 Å². The highest BCUT2D eigenvalue weighted by Crippen LogP contribution is 2.33. The van der Waals surface area contributed by atoms with E-state index in [-0.39, 0.29) is 29.9 Å². The van der Waals surface area contributed by atoms with Crippen LogP contribution in [0.1, 0.15) is 83.5 Å². The third kappa shape index (κ3) is 7.75. The van der Waals surface area contributed by atoms with Gasteiger partial charge in [0.2, 0.25) is 5.95 Å². The molecule has 0 radical (unpaired) electrons. The number of fused-ring (bicyclic) bond motifs is 1. The van der Waals surface area contributed by atoms with Crippen molar-refractivity contribution < 1.29 is 9.59 Å². The molecular weight excluding hydrogens is 608 g/mol. The number of hydrogen-bond donors (Lipinski definition) is 2. The molecule has 1 aliphatic rings. The van der Waals surface area contributed by atoms with Crippen LogP contribution in [-0.2, 0) is 0 Å². The van der Waals surface area contributed by atoms with Crippen molar-refractivity contribution in [2.75, 3.05) is 30.9 Å². The number of amides is 2. The Labute approximate surface area is 289 Å². The van der Waals surface area contributed by atoms with E-state index in [9.17, 15) is 9.59 Å². The molecule has 252 valence electrons. The van der Waals surface area contributed by atoms with Crippen LogP contribution in [0.25, 0.3) is 10.9 Å². The maximum absolute atomic E-state index is 14.4. The van der Waals surface area contributed by atoms with E-state index >= 15 is 0 Å². The van der Waals surface area contributed by atoms with Crippen molar-refractivity contribution in [3.05, 3.63) is 131 Å². The molecule has 6 rings (SSSR count). The van der Waals surface area contributed by atoms with Gasteiger partial charge in [-0.05, 0) is 80.8 Å². The fourth-order valence-electron chi connectivity index (χ4n) is 6.97. The number of aromatic nitrogens is 2. The van der Waals surface area contributed by atoms with Crippen molar-refractivity contribution in [1.29, 1.82) is 0 Å². The largest absolute Gasteiger partial charge is 0.362 e. The lowest BCUT2D eigenvalue weighted by Gasteiger charge is -2.36. The molecule has 2 atom stereocenters. The number of carbonyl (C=O) groups excluding carboxylic acids is 2. The van der Waals surface area contributed by atoms with Gasteiger partial charge in [0.15, 0.2) is 0 Å². The summed E-state index contributed by atoms with van der Waals surface area (Å²) in [5.74, 6) is 1.52. The Morgan fingerprint density at radius 1 is 0.714 bits per heavy atom. The number of anilines is 2.